The average molecular weight is 331 g/mol. The van der Waals surface area contributed by atoms with Gasteiger partial charge in [0.1, 0.15) is 5.84 Å². The van der Waals surface area contributed by atoms with Crippen LogP contribution in [0.3, 0.4) is 0 Å². The van der Waals surface area contributed by atoms with Gasteiger partial charge in [0.15, 0.2) is 0 Å². The average Bonchev–Trinajstić information content (AvgIpc) is 2.61. The fourth-order valence-electron chi connectivity index (χ4n) is 2.57. The summed E-state index contributed by atoms with van der Waals surface area (Å²) in [6.45, 7) is 4.89. The van der Waals surface area contributed by atoms with Gasteiger partial charge in [-0.25, -0.2) is 4.79 Å². The van der Waals surface area contributed by atoms with Crippen LogP contribution in [0.4, 0.5) is 4.79 Å². The molecule has 1 saturated heterocycles. The minimum Gasteiger partial charge on any atom is -0.384 e. The van der Waals surface area contributed by atoms with E-state index in [0.717, 1.165) is 12.8 Å². The van der Waals surface area contributed by atoms with Gasteiger partial charge in [-0.1, -0.05) is 25.5 Å². The van der Waals surface area contributed by atoms with E-state index in [2.05, 4.69) is 12.2 Å². The van der Waals surface area contributed by atoms with Crippen molar-refractivity contribution in [2.45, 2.75) is 19.8 Å². The number of piperazine rings is 1. The zero-order chi connectivity index (χ0) is 17.5. The molecule has 0 bridgehead atoms. The lowest BCUT2D eigenvalue weighted by molar-refractivity contribution is 0.0665. The fourth-order valence-corrected chi connectivity index (χ4v) is 2.57. The molecule has 3 amide bonds. The molecule has 4 N–H and O–H groups in total. The van der Waals surface area contributed by atoms with Crippen molar-refractivity contribution in [3.8, 4) is 0 Å². The van der Waals surface area contributed by atoms with E-state index in [1.165, 1.54) is 0 Å². The van der Waals surface area contributed by atoms with Crippen LogP contribution in [0.1, 0.15) is 35.7 Å². The highest BCUT2D eigenvalue weighted by Crippen LogP contribution is 2.10. The summed E-state index contributed by atoms with van der Waals surface area (Å²) in [6.07, 6.45) is 2.02. The van der Waals surface area contributed by atoms with Crippen molar-refractivity contribution in [1.82, 2.24) is 15.1 Å². The summed E-state index contributed by atoms with van der Waals surface area (Å²) in [5.41, 5.74) is 6.58. The van der Waals surface area contributed by atoms with Gasteiger partial charge < -0.3 is 20.9 Å². The van der Waals surface area contributed by atoms with Gasteiger partial charge in [0.2, 0.25) is 0 Å². The molecule has 0 aromatic heterocycles. The van der Waals surface area contributed by atoms with Crippen LogP contribution >= 0.6 is 0 Å². The Kier molecular flexibility index (Phi) is 6.17. The zero-order valence-electron chi connectivity index (χ0n) is 14.0. The maximum Gasteiger partial charge on any atom is 0.317 e. The number of nitrogens with one attached hydrogen (secondary N) is 2. The summed E-state index contributed by atoms with van der Waals surface area (Å²) in [6, 6.07) is 6.66. The lowest BCUT2D eigenvalue weighted by Gasteiger charge is -2.34. The van der Waals surface area contributed by atoms with Crippen molar-refractivity contribution < 1.29 is 9.59 Å². The second-order valence-electron chi connectivity index (χ2n) is 5.86. The minimum absolute atomic E-state index is 0.0169. The number of hydrogen-bond acceptors (Lipinski definition) is 3. The van der Waals surface area contributed by atoms with Crippen LogP contribution in [0.25, 0.3) is 0 Å². The largest absolute Gasteiger partial charge is 0.384 e. The quantitative estimate of drug-likeness (QED) is 0.430. The first-order chi connectivity index (χ1) is 11.5. The molecule has 1 aromatic carbocycles. The van der Waals surface area contributed by atoms with Crippen molar-refractivity contribution in [2.24, 2.45) is 5.73 Å². The molecule has 130 valence electrons. The Bertz CT molecular complexity index is 592. The third-order valence-electron chi connectivity index (χ3n) is 4.10. The van der Waals surface area contributed by atoms with Gasteiger partial charge >= 0.3 is 6.03 Å². The number of unbranched alkanes of at least 4 members (excludes halogenated alkanes) is 1. The molecule has 0 radical (unpaired) electrons. The number of carbonyl (C=O) groups excluding carboxylic acids is 2. The van der Waals surface area contributed by atoms with E-state index in [-0.39, 0.29) is 17.8 Å². The predicted octanol–water partition coefficient (Wildman–Crippen LogP) is 1.24. The molecule has 24 heavy (non-hydrogen) atoms. The van der Waals surface area contributed by atoms with Crippen LogP contribution in [0.15, 0.2) is 24.3 Å². The molecule has 1 fully saturated rings. The SMILES string of the molecule is CCCCNC(=O)N1CCN(C(=O)c2ccc(C(=N)N)cc2)CC1. The molecule has 7 heteroatoms. The third kappa shape index (κ3) is 4.47. The summed E-state index contributed by atoms with van der Waals surface area (Å²) < 4.78 is 0. The lowest BCUT2D eigenvalue weighted by Crippen LogP contribution is -2.53. The minimum atomic E-state index is -0.0591. The highest BCUT2D eigenvalue weighted by Gasteiger charge is 2.24. The molecule has 2 rings (SSSR count). The van der Waals surface area contributed by atoms with E-state index in [9.17, 15) is 9.59 Å². The maximum atomic E-state index is 12.5. The van der Waals surface area contributed by atoms with Crippen LogP contribution in [-0.4, -0.2) is 60.3 Å². The van der Waals surface area contributed by atoms with Crippen molar-refractivity contribution in [3.63, 3.8) is 0 Å². The highest BCUT2D eigenvalue weighted by molar-refractivity contribution is 5.98. The number of urea groups is 1. The maximum absolute atomic E-state index is 12.5. The number of nitrogens with two attached hydrogens (primary N) is 1. The highest BCUT2D eigenvalue weighted by atomic mass is 16.2. The Hall–Kier alpha value is -2.57. The fraction of sp³-hybridized carbons (Fsp3) is 0.471. The number of amidine groups is 1. The monoisotopic (exact) mass is 331 g/mol. The normalized spacial score (nSPS) is 14.4. The summed E-state index contributed by atoms with van der Waals surface area (Å²) in [7, 11) is 0. The third-order valence-corrected chi connectivity index (χ3v) is 4.10. The van der Waals surface area contributed by atoms with E-state index in [4.69, 9.17) is 11.1 Å². The summed E-state index contributed by atoms with van der Waals surface area (Å²) in [5.74, 6) is -0.0761. The first kappa shape index (κ1) is 17.8. The Labute approximate surface area is 142 Å². The second-order valence-corrected chi connectivity index (χ2v) is 5.86. The first-order valence-electron chi connectivity index (χ1n) is 8.29. The van der Waals surface area contributed by atoms with Gasteiger partial charge in [0.25, 0.3) is 5.91 Å². The Morgan fingerprint density at radius 3 is 2.17 bits per heavy atom. The number of carbonyl (C=O) groups is 2. The van der Waals surface area contributed by atoms with Crippen molar-refractivity contribution in [3.05, 3.63) is 35.4 Å². The molecule has 1 aliphatic rings. The Balaban J connectivity index is 1.86. The molecule has 0 atom stereocenters. The molecule has 0 spiro atoms. The van der Waals surface area contributed by atoms with E-state index in [1.54, 1.807) is 34.1 Å². The number of hydrogen-bond donors (Lipinski definition) is 3. The predicted molar refractivity (Wildman–Crippen MR) is 93.2 cm³/mol. The molecule has 0 saturated carbocycles. The number of rotatable bonds is 5. The van der Waals surface area contributed by atoms with Gasteiger partial charge in [0, 0.05) is 43.9 Å². The lowest BCUT2D eigenvalue weighted by atomic mass is 10.1. The Morgan fingerprint density at radius 2 is 1.62 bits per heavy atom. The van der Waals surface area contributed by atoms with Crippen LogP contribution in [-0.2, 0) is 0 Å². The molecule has 0 unspecified atom stereocenters. The first-order valence-corrected chi connectivity index (χ1v) is 8.29. The molecular formula is C17H25N5O2. The molecule has 1 aromatic rings. The van der Waals surface area contributed by atoms with Crippen LogP contribution in [0.5, 0.6) is 0 Å². The van der Waals surface area contributed by atoms with Gasteiger partial charge in [-0.05, 0) is 18.6 Å². The number of amides is 3. The summed E-state index contributed by atoms with van der Waals surface area (Å²) in [4.78, 5) is 28.0. The van der Waals surface area contributed by atoms with Gasteiger partial charge in [-0.15, -0.1) is 0 Å². The van der Waals surface area contributed by atoms with E-state index in [0.29, 0.717) is 43.9 Å². The Morgan fingerprint density at radius 1 is 1.08 bits per heavy atom. The topological polar surface area (TPSA) is 103 Å². The molecule has 1 aliphatic heterocycles. The summed E-state index contributed by atoms with van der Waals surface area (Å²) >= 11 is 0. The van der Waals surface area contributed by atoms with Crippen LogP contribution in [0, 0.1) is 5.41 Å². The van der Waals surface area contributed by atoms with E-state index in [1.807, 2.05) is 0 Å². The zero-order valence-corrected chi connectivity index (χ0v) is 14.0. The standard InChI is InChI=1S/C17H25N5O2/c1-2-3-8-20-17(24)22-11-9-21(10-12-22)16(23)14-6-4-13(5-7-14)15(18)19/h4-7H,2-3,8-12H2,1H3,(H3,18,19)(H,20,24). The molecule has 0 aliphatic carbocycles. The number of nitrogens with zero attached hydrogens (tertiary/aromatic N) is 2. The number of nitrogen functional groups attached to an aromatic ring is 1. The van der Waals surface area contributed by atoms with Gasteiger partial charge in [-0.3, -0.25) is 10.2 Å². The van der Waals surface area contributed by atoms with Gasteiger partial charge in [0.05, 0.1) is 0 Å². The van der Waals surface area contributed by atoms with Crippen LogP contribution < -0.4 is 11.1 Å². The smallest absolute Gasteiger partial charge is 0.317 e. The van der Waals surface area contributed by atoms with Crippen LogP contribution in [0.2, 0.25) is 0 Å². The molecule has 7 nitrogen and oxygen atoms in total. The van der Waals surface area contributed by atoms with E-state index < -0.39 is 0 Å². The van der Waals surface area contributed by atoms with E-state index >= 15 is 0 Å². The summed E-state index contributed by atoms with van der Waals surface area (Å²) in [5, 5.41) is 10.3. The molecule has 1 heterocycles. The molecular weight excluding hydrogens is 306 g/mol. The van der Waals surface area contributed by atoms with Crippen molar-refractivity contribution in [2.75, 3.05) is 32.7 Å². The van der Waals surface area contributed by atoms with Crippen molar-refractivity contribution >= 4 is 17.8 Å². The van der Waals surface area contributed by atoms with Gasteiger partial charge in [-0.2, -0.15) is 0 Å². The number of benzene rings is 1. The van der Waals surface area contributed by atoms with Crippen molar-refractivity contribution in [1.29, 1.82) is 5.41 Å². The second kappa shape index (κ2) is 8.33.